The van der Waals surface area contributed by atoms with Crippen LogP contribution in [0.4, 0.5) is 0 Å². The zero-order valence-electron chi connectivity index (χ0n) is 20.5. The Hall–Kier alpha value is -0.820. The van der Waals surface area contributed by atoms with Crippen LogP contribution in [0.3, 0.4) is 0 Å². The van der Waals surface area contributed by atoms with Crippen molar-refractivity contribution < 1.29 is 0 Å². The van der Waals surface area contributed by atoms with Gasteiger partial charge in [0.1, 0.15) is 0 Å². The summed E-state index contributed by atoms with van der Waals surface area (Å²) in [5.74, 6) is 3.73. The molecule has 0 amide bonds. The summed E-state index contributed by atoms with van der Waals surface area (Å²) in [6, 6.07) is 10.4. The third-order valence-corrected chi connectivity index (χ3v) is 10.3. The number of rotatable bonds is 5. The predicted molar refractivity (Wildman–Crippen MR) is 132 cm³/mol. The summed E-state index contributed by atoms with van der Waals surface area (Å²) in [6.07, 6.45) is 23.6. The first-order chi connectivity index (χ1) is 15.2. The number of fused-ring (bicyclic) bond motifs is 1. The maximum Gasteiger partial charge on any atom is 0.0497 e. The summed E-state index contributed by atoms with van der Waals surface area (Å²) in [7, 11) is 2.55. The van der Waals surface area contributed by atoms with Crippen LogP contribution >= 0.6 is 0 Å². The van der Waals surface area contributed by atoms with Gasteiger partial charge in [-0.1, -0.05) is 101 Å². The number of aryl methyl sites for hydroxylation is 1. The topological polar surface area (TPSA) is 3.24 Å². The average molecular weight is 422 g/mol. The van der Waals surface area contributed by atoms with Gasteiger partial charge in [-0.05, 0) is 74.5 Å². The molecule has 4 fully saturated rings. The van der Waals surface area contributed by atoms with Gasteiger partial charge in [0, 0.05) is 11.6 Å². The zero-order valence-corrected chi connectivity index (χ0v) is 20.5. The largest absolute Gasteiger partial charge is 0.293 e. The van der Waals surface area contributed by atoms with Crippen LogP contribution in [0.1, 0.15) is 114 Å². The van der Waals surface area contributed by atoms with E-state index in [1.165, 1.54) is 103 Å². The first kappa shape index (κ1) is 22.0. The smallest absolute Gasteiger partial charge is 0.0497 e. The molecule has 1 saturated heterocycles. The number of hydrogen-bond acceptors (Lipinski definition) is 1. The molecule has 3 aliphatic carbocycles. The Morgan fingerprint density at radius 2 is 1.39 bits per heavy atom. The van der Waals surface area contributed by atoms with E-state index in [0.717, 1.165) is 29.7 Å². The number of nitrogens with zero attached hydrogens (tertiary/aromatic N) is 1. The minimum Gasteiger partial charge on any atom is -0.293 e. The molecule has 31 heavy (non-hydrogen) atoms. The maximum atomic E-state index is 2.99. The summed E-state index contributed by atoms with van der Waals surface area (Å²) in [5, 5.41) is 0. The normalized spacial score (nSPS) is 35.9. The van der Waals surface area contributed by atoms with Gasteiger partial charge in [-0.25, -0.2) is 0 Å². The second-order valence-electron chi connectivity index (χ2n) is 11.9. The van der Waals surface area contributed by atoms with E-state index in [9.17, 15) is 0 Å². The Morgan fingerprint density at radius 1 is 0.774 bits per heavy atom. The van der Waals surface area contributed by atoms with E-state index >= 15 is 0 Å². The maximum absolute atomic E-state index is 2.99. The van der Waals surface area contributed by atoms with Gasteiger partial charge in [0.25, 0.3) is 0 Å². The Morgan fingerprint density at radius 3 is 2.10 bits per heavy atom. The first-order valence-corrected chi connectivity index (χ1v) is 14.0. The Labute approximate surface area is 192 Å². The minimum atomic E-state index is 0.282. The molecule has 1 nitrogen and oxygen atoms in total. The molecule has 3 saturated carbocycles. The van der Waals surface area contributed by atoms with Gasteiger partial charge in [0.05, 0.1) is 0 Å². The molecular weight excluding hydrogens is 374 g/mol. The van der Waals surface area contributed by atoms with Crippen molar-refractivity contribution in [2.75, 3.05) is 7.05 Å². The fourth-order valence-corrected chi connectivity index (χ4v) is 8.84. The van der Waals surface area contributed by atoms with Gasteiger partial charge in [0.15, 0.2) is 0 Å². The molecule has 1 aliphatic heterocycles. The van der Waals surface area contributed by atoms with Gasteiger partial charge in [0.2, 0.25) is 0 Å². The summed E-state index contributed by atoms with van der Waals surface area (Å²) in [4.78, 5) is 2.99. The lowest BCUT2D eigenvalue weighted by molar-refractivity contribution is 0.0489. The molecule has 5 rings (SSSR count). The average Bonchev–Trinajstić information content (AvgIpc) is 3.04. The van der Waals surface area contributed by atoms with E-state index in [-0.39, 0.29) is 5.54 Å². The van der Waals surface area contributed by atoms with Crippen LogP contribution in [-0.2, 0) is 5.54 Å². The van der Waals surface area contributed by atoms with Crippen molar-refractivity contribution in [3.8, 4) is 0 Å². The van der Waals surface area contributed by atoms with Crippen LogP contribution in [0.2, 0.25) is 0 Å². The van der Waals surface area contributed by atoms with Crippen LogP contribution in [0.15, 0.2) is 24.3 Å². The van der Waals surface area contributed by atoms with E-state index in [1.807, 2.05) is 0 Å². The highest BCUT2D eigenvalue weighted by Gasteiger charge is 2.58. The van der Waals surface area contributed by atoms with Crippen molar-refractivity contribution in [2.24, 2.45) is 23.7 Å². The number of benzene rings is 1. The van der Waals surface area contributed by atoms with Crippen LogP contribution in [0.5, 0.6) is 0 Å². The van der Waals surface area contributed by atoms with E-state index in [4.69, 9.17) is 0 Å². The van der Waals surface area contributed by atoms with Crippen molar-refractivity contribution in [3.05, 3.63) is 35.4 Å². The van der Waals surface area contributed by atoms with Gasteiger partial charge < -0.3 is 0 Å². The lowest BCUT2D eigenvalue weighted by Gasteiger charge is -2.47. The lowest BCUT2D eigenvalue weighted by atomic mass is 9.63. The molecule has 1 heteroatoms. The molecule has 0 spiro atoms. The molecule has 0 N–H and O–H groups in total. The van der Waals surface area contributed by atoms with Crippen molar-refractivity contribution in [2.45, 2.75) is 121 Å². The highest BCUT2D eigenvalue weighted by molar-refractivity contribution is 5.36. The van der Waals surface area contributed by atoms with Gasteiger partial charge in [-0.2, -0.15) is 0 Å². The summed E-state index contributed by atoms with van der Waals surface area (Å²) in [6.45, 7) is 2.41. The Balaban J connectivity index is 1.57. The van der Waals surface area contributed by atoms with Gasteiger partial charge in [-0.3, -0.25) is 4.90 Å². The zero-order chi connectivity index (χ0) is 21.3. The Bertz CT molecular complexity index is 713. The second-order valence-corrected chi connectivity index (χ2v) is 11.9. The van der Waals surface area contributed by atoms with E-state index in [1.54, 1.807) is 11.1 Å². The second kappa shape index (κ2) is 9.58. The molecule has 4 unspecified atom stereocenters. The molecule has 0 aromatic heterocycles. The van der Waals surface area contributed by atoms with Crippen LogP contribution < -0.4 is 0 Å². The van der Waals surface area contributed by atoms with Crippen molar-refractivity contribution in [1.82, 2.24) is 4.90 Å². The summed E-state index contributed by atoms with van der Waals surface area (Å²) in [5.41, 5.74) is 3.54. The van der Waals surface area contributed by atoms with E-state index < -0.39 is 0 Å². The fraction of sp³-hybridized carbons (Fsp3) is 0.800. The van der Waals surface area contributed by atoms with Crippen LogP contribution in [0, 0.1) is 30.6 Å². The Kier molecular flexibility index (Phi) is 6.80. The van der Waals surface area contributed by atoms with E-state index in [0.29, 0.717) is 0 Å². The van der Waals surface area contributed by atoms with Crippen LogP contribution in [0.25, 0.3) is 0 Å². The molecule has 4 atom stereocenters. The van der Waals surface area contributed by atoms with Gasteiger partial charge in [-0.15, -0.1) is 0 Å². The molecule has 0 radical (unpaired) electrons. The lowest BCUT2D eigenvalue weighted by Crippen LogP contribution is -2.48. The minimum absolute atomic E-state index is 0.282. The molecule has 4 aliphatic rings. The fourth-order valence-electron chi connectivity index (χ4n) is 8.84. The summed E-state index contributed by atoms with van der Waals surface area (Å²) >= 11 is 0. The molecule has 1 aromatic rings. The standard InChI is InChI=1S/C30H47N/c1-23-13-9-11-19-27(23)30(22-25-16-7-4-8-17-25)28(21-24-14-5-3-6-15-24)26-18-10-12-20-29(26)31(30)2/h9,11,13,19,24-26,28-29H,3-8,10,12,14-18,20-22H2,1-2H3. The molecule has 172 valence electrons. The molecule has 0 bridgehead atoms. The summed E-state index contributed by atoms with van der Waals surface area (Å²) < 4.78 is 0. The van der Waals surface area contributed by atoms with Gasteiger partial charge >= 0.3 is 0 Å². The predicted octanol–water partition coefficient (Wildman–Crippen LogP) is 8.25. The quantitative estimate of drug-likeness (QED) is 0.462. The molecule has 1 aromatic carbocycles. The number of likely N-dealkylation sites (tertiary alicyclic amines) is 1. The monoisotopic (exact) mass is 421 g/mol. The van der Waals surface area contributed by atoms with Crippen LogP contribution in [-0.4, -0.2) is 18.0 Å². The SMILES string of the molecule is Cc1ccccc1C1(CC2CCCCC2)C(CC2CCCCC2)C2CCCCC2N1C. The van der Waals surface area contributed by atoms with Crippen molar-refractivity contribution in [1.29, 1.82) is 0 Å². The highest BCUT2D eigenvalue weighted by atomic mass is 15.3. The first-order valence-electron chi connectivity index (χ1n) is 14.0. The van der Waals surface area contributed by atoms with E-state index in [2.05, 4.69) is 43.1 Å². The van der Waals surface area contributed by atoms with Crippen molar-refractivity contribution in [3.63, 3.8) is 0 Å². The molecule has 1 heterocycles. The number of hydrogen-bond donors (Lipinski definition) is 0. The molecular formula is C30H47N. The third kappa shape index (κ3) is 4.14. The van der Waals surface area contributed by atoms with Crippen molar-refractivity contribution >= 4 is 0 Å². The third-order valence-electron chi connectivity index (χ3n) is 10.3. The highest BCUT2D eigenvalue weighted by Crippen LogP contribution is 2.59.